The van der Waals surface area contributed by atoms with Crippen LogP contribution in [-0.4, -0.2) is 36.0 Å². The normalized spacial score (nSPS) is 17.9. The summed E-state index contributed by atoms with van der Waals surface area (Å²) in [6.07, 6.45) is 0.330. The first-order valence-electron chi connectivity index (χ1n) is 6.44. The van der Waals surface area contributed by atoms with Gasteiger partial charge in [-0.05, 0) is 36.1 Å². The lowest BCUT2D eigenvalue weighted by molar-refractivity contribution is 0.0244. The zero-order valence-electron chi connectivity index (χ0n) is 10.7. The largest absolute Gasteiger partial charge is 0.390 e. The van der Waals surface area contributed by atoms with Gasteiger partial charge in [0.2, 0.25) is 0 Å². The lowest BCUT2D eigenvalue weighted by Gasteiger charge is -2.20. The highest BCUT2D eigenvalue weighted by atomic mass is 16.3. The third kappa shape index (κ3) is 3.38. The van der Waals surface area contributed by atoms with E-state index in [0.29, 0.717) is 5.56 Å². The van der Waals surface area contributed by atoms with Crippen molar-refractivity contribution in [3.05, 3.63) is 40.3 Å². The Balaban J connectivity index is 2.02. The van der Waals surface area contributed by atoms with Crippen molar-refractivity contribution in [1.82, 2.24) is 0 Å². The number of hydrogen-bond donors (Lipinski definition) is 2. The summed E-state index contributed by atoms with van der Waals surface area (Å²) in [7, 11) is 0. The monoisotopic (exact) mass is 262 g/mol. The molecule has 2 atom stereocenters. The van der Waals surface area contributed by atoms with Crippen LogP contribution in [-0.2, 0) is 0 Å². The molecule has 2 N–H and O–H groups in total. The highest BCUT2D eigenvalue weighted by molar-refractivity contribution is 5.48. The van der Waals surface area contributed by atoms with Gasteiger partial charge in [-0.25, -0.2) is 0 Å². The van der Waals surface area contributed by atoms with E-state index in [-0.39, 0.29) is 6.54 Å². The van der Waals surface area contributed by atoms with E-state index in [4.69, 9.17) is 5.53 Å². The van der Waals surface area contributed by atoms with Gasteiger partial charge in [0.05, 0.1) is 12.6 Å². The minimum Gasteiger partial charge on any atom is -0.390 e. The minimum atomic E-state index is -1.08. The second-order valence-corrected chi connectivity index (χ2v) is 4.71. The molecular weight excluding hydrogens is 244 g/mol. The molecule has 0 aliphatic carbocycles. The Bertz CT molecular complexity index is 450. The van der Waals surface area contributed by atoms with Gasteiger partial charge in [0.15, 0.2) is 0 Å². The number of anilines is 1. The van der Waals surface area contributed by atoms with Gasteiger partial charge < -0.3 is 15.1 Å². The van der Waals surface area contributed by atoms with E-state index in [1.54, 1.807) is 12.1 Å². The van der Waals surface area contributed by atoms with Gasteiger partial charge in [-0.2, -0.15) is 0 Å². The first-order valence-corrected chi connectivity index (χ1v) is 6.44. The first-order chi connectivity index (χ1) is 9.22. The fourth-order valence-electron chi connectivity index (χ4n) is 2.30. The molecule has 0 radical (unpaired) electrons. The number of benzene rings is 1. The van der Waals surface area contributed by atoms with Crippen LogP contribution in [0.2, 0.25) is 0 Å². The third-order valence-corrected chi connectivity index (χ3v) is 3.40. The van der Waals surface area contributed by atoms with Crippen LogP contribution in [0.5, 0.6) is 0 Å². The number of aliphatic hydroxyl groups is 2. The Labute approximate surface area is 111 Å². The van der Waals surface area contributed by atoms with Crippen molar-refractivity contribution in [2.75, 3.05) is 24.5 Å². The average molecular weight is 262 g/mol. The first kappa shape index (κ1) is 13.7. The van der Waals surface area contributed by atoms with Crippen LogP contribution in [0.1, 0.15) is 24.5 Å². The van der Waals surface area contributed by atoms with Crippen molar-refractivity contribution >= 4 is 5.69 Å². The molecule has 1 aliphatic rings. The maximum atomic E-state index is 9.92. The summed E-state index contributed by atoms with van der Waals surface area (Å²) in [4.78, 5) is 4.86. The average Bonchev–Trinajstić information content (AvgIpc) is 2.98. The summed E-state index contributed by atoms with van der Waals surface area (Å²) in [5.41, 5.74) is 9.95. The molecule has 0 bridgehead atoms. The number of azide groups is 1. The maximum Gasteiger partial charge on any atom is 0.105 e. The van der Waals surface area contributed by atoms with E-state index in [9.17, 15) is 10.2 Å². The van der Waals surface area contributed by atoms with Crippen LogP contribution >= 0.6 is 0 Å². The van der Waals surface area contributed by atoms with E-state index in [0.717, 1.165) is 18.8 Å². The van der Waals surface area contributed by atoms with E-state index < -0.39 is 12.2 Å². The highest BCUT2D eigenvalue weighted by Crippen LogP contribution is 2.24. The fourth-order valence-corrected chi connectivity index (χ4v) is 2.30. The molecule has 1 fully saturated rings. The summed E-state index contributed by atoms with van der Waals surface area (Å²) < 4.78 is 0. The Morgan fingerprint density at radius 1 is 1.21 bits per heavy atom. The van der Waals surface area contributed by atoms with Gasteiger partial charge in [-0.1, -0.05) is 17.2 Å². The van der Waals surface area contributed by atoms with Crippen molar-refractivity contribution in [3.63, 3.8) is 0 Å². The fraction of sp³-hybridized carbons (Fsp3) is 0.538. The molecule has 1 heterocycles. The number of rotatable bonds is 5. The molecule has 1 aliphatic heterocycles. The summed E-state index contributed by atoms with van der Waals surface area (Å²) in [6, 6.07) is 7.50. The lowest BCUT2D eigenvalue weighted by Crippen LogP contribution is -2.21. The second-order valence-electron chi connectivity index (χ2n) is 4.71. The number of aliphatic hydroxyl groups excluding tert-OH is 2. The standard InChI is InChI=1S/C13H18N4O2/c14-16-15-9-12(18)13(19)10-3-5-11(6-4-10)17-7-1-2-8-17/h3-6,12-13,18-19H,1-2,7-9H2. The lowest BCUT2D eigenvalue weighted by atomic mass is 10.0. The van der Waals surface area contributed by atoms with Crippen molar-refractivity contribution < 1.29 is 10.2 Å². The molecule has 1 aromatic rings. The molecule has 0 amide bonds. The number of hydrogen-bond acceptors (Lipinski definition) is 4. The molecule has 6 nitrogen and oxygen atoms in total. The zero-order valence-corrected chi connectivity index (χ0v) is 10.7. The summed E-state index contributed by atoms with van der Waals surface area (Å²) in [6.45, 7) is 2.01. The molecular formula is C13H18N4O2. The smallest absolute Gasteiger partial charge is 0.105 e. The van der Waals surface area contributed by atoms with Crippen LogP contribution < -0.4 is 4.90 Å². The molecule has 6 heteroatoms. The van der Waals surface area contributed by atoms with E-state index >= 15 is 0 Å². The molecule has 1 aromatic carbocycles. The number of nitrogens with zero attached hydrogens (tertiary/aromatic N) is 4. The van der Waals surface area contributed by atoms with Gasteiger partial charge in [0.1, 0.15) is 6.10 Å². The van der Waals surface area contributed by atoms with Gasteiger partial charge in [-0.15, -0.1) is 0 Å². The second kappa shape index (κ2) is 6.43. The molecule has 2 rings (SSSR count). The van der Waals surface area contributed by atoms with E-state index in [1.165, 1.54) is 12.8 Å². The van der Waals surface area contributed by atoms with Crippen molar-refractivity contribution in [1.29, 1.82) is 0 Å². The molecule has 0 saturated carbocycles. The SMILES string of the molecule is [N-]=[N+]=NCC(O)C(O)c1ccc(N2CCCC2)cc1. The maximum absolute atomic E-state index is 9.92. The Kier molecular flexibility index (Phi) is 4.63. The Morgan fingerprint density at radius 2 is 1.84 bits per heavy atom. The summed E-state index contributed by atoms with van der Waals surface area (Å²) >= 11 is 0. The van der Waals surface area contributed by atoms with Crippen molar-refractivity contribution in [2.45, 2.75) is 25.0 Å². The van der Waals surface area contributed by atoms with Gasteiger partial charge >= 0.3 is 0 Å². The summed E-state index contributed by atoms with van der Waals surface area (Å²) in [5, 5.41) is 22.8. The summed E-state index contributed by atoms with van der Waals surface area (Å²) in [5.74, 6) is 0. The molecule has 19 heavy (non-hydrogen) atoms. The molecule has 0 aromatic heterocycles. The van der Waals surface area contributed by atoms with Crippen LogP contribution in [0.15, 0.2) is 29.4 Å². The van der Waals surface area contributed by atoms with E-state index in [2.05, 4.69) is 14.9 Å². The topological polar surface area (TPSA) is 92.5 Å². The van der Waals surface area contributed by atoms with Crippen molar-refractivity contribution in [3.8, 4) is 0 Å². The van der Waals surface area contributed by atoms with Gasteiger partial charge in [-0.3, -0.25) is 0 Å². The van der Waals surface area contributed by atoms with Gasteiger partial charge in [0.25, 0.3) is 0 Å². The molecule has 0 spiro atoms. The van der Waals surface area contributed by atoms with E-state index in [1.807, 2.05) is 12.1 Å². The quantitative estimate of drug-likeness (QED) is 0.483. The molecule has 2 unspecified atom stereocenters. The van der Waals surface area contributed by atoms with Crippen LogP contribution in [0.25, 0.3) is 10.4 Å². The molecule has 102 valence electrons. The predicted octanol–water partition coefficient (Wildman–Crippen LogP) is 1.99. The van der Waals surface area contributed by atoms with Gasteiger partial charge in [0, 0.05) is 23.7 Å². The molecule has 1 saturated heterocycles. The van der Waals surface area contributed by atoms with Crippen LogP contribution in [0, 0.1) is 0 Å². The zero-order chi connectivity index (χ0) is 13.7. The Morgan fingerprint density at radius 3 is 2.42 bits per heavy atom. The van der Waals surface area contributed by atoms with Crippen molar-refractivity contribution in [2.24, 2.45) is 5.11 Å². The highest BCUT2D eigenvalue weighted by Gasteiger charge is 2.18. The Hall–Kier alpha value is -1.75. The predicted molar refractivity (Wildman–Crippen MR) is 72.9 cm³/mol. The third-order valence-electron chi connectivity index (χ3n) is 3.40. The van der Waals surface area contributed by atoms with Crippen LogP contribution in [0.3, 0.4) is 0 Å². The minimum absolute atomic E-state index is 0.133. The van der Waals surface area contributed by atoms with Crippen LogP contribution in [0.4, 0.5) is 5.69 Å².